The van der Waals surface area contributed by atoms with Crippen molar-refractivity contribution >= 4 is 21.6 Å². The molecule has 1 aliphatic rings. The topological polar surface area (TPSA) is 82.6 Å². The lowest BCUT2D eigenvalue weighted by Crippen LogP contribution is -2.48. The molecule has 9 heteroatoms. The molecule has 1 saturated heterocycles. The number of hydrogen-bond acceptors (Lipinski definition) is 5. The van der Waals surface area contributed by atoms with E-state index >= 15 is 0 Å². The maximum absolute atomic E-state index is 13.2. The molecule has 0 unspecified atom stereocenters. The molecule has 0 aliphatic carbocycles. The molecule has 0 spiro atoms. The molecule has 0 radical (unpaired) electrons. The van der Waals surface area contributed by atoms with Crippen LogP contribution in [-0.2, 0) is 16.6 Å². The van der Waals surface area contributed by atoms with E-state index in [9.17, 15) is 17.6 Å². The standard InChI is InChI=1S/C24H25FN4O3S/c1-18-5-10-22(33(31,32)27-20-8-6-19(25)7-9-20)16-23(18)24(30)29-14-12-28(13-15-29)17-21-4-2-3-11-26-21/h2-11,16,27H,12-15,17H2,1H3. The molecule has 172 valence electrons. The van der Waals surface area contributed by atoms with Crippen molar-refractivity contribution in [2.75, 3.05) is 30.9 Å². The highest BCUT2D eigenvalue weighted by Gasteiger charge is 2.25. The van der Waals surface area contributed by atoms with Crippen LogP contribution in [0.3, 0.4) is 0 Å². The Bertz CT molecular complexity index is 1230. The second-order valence-corrected chi connectivity index (χ2v) is 9.66. The van der Waals surface area contributed by atoms with E-state index < -0.39 is 15.8 Å². The molecule has 2 aromatic carbocycles. The first-order chi connectivity index (χ1) is 15.8. The fourth-order valence-electron chi connectivity index (χ4n) is 3.73. The molecule has 0 bridgehead atoms. The summed E-state index contributed by atoms with van der Waals surface area (Å²) in [7, 11) is -3.93. The normalized spacial score (nSPS) is 14.8. The summed E-state index contributed by atoms with van der Waals surface area (Å²) in [6.07, 6.45) is 1.77. The highest BCUT2D eigenvalue weighted by atomic mass is 32.2. The molecule has 7 nitrogen and oxygen atoms in total. The number of amides is 1. The van der Waals surface area contributed by atoms with E-state index in [1.165, 1.54) is 36.4 Å². The minimum Gasteiger partial charge on any atom is -0.336 e. The molecule has 0 atom stereocenters. The average molecular weight is 469 g/mol. The third kappa shape index (κ3) is 5.55. The average Bonchev–Trinajstić information content (AvgIpc) is 2.81. The van der Waals surface area contributed by atoms with Crippen molar-refractivity contribution in [3.8, 4) is 0 Å². The molecule has 1 fully saturated rings. The molecule has 4 rings (SSSR count). The van der Waals surface area contributed by atoms with Gasteiger partial charge in [0.2, 0.25) is 0 Å². The quantitative estimate of drug-likeness (QED) is 0.600. The van der Waals surface area contributed by atoms with Gasteiger partial charge < -0.3 is 4.90 Å². The van der Waals surface area contributed by atoms with Crippen LogP contribution >= 0.6 is 0 Å². The van der Waals surface area contributed by atoms with Gasteiger partial charge in [-0.05, 0) is 61.0 Å². The molecule has 1 aliphatic heterocycles. The molecular weight excluding hydrogens is 443 g/mol. The second-order valence-electron chi connectivity index (χ2n) is 7.98. The number of halogens is 1. The van der Waals surface area contributed by atoms with E-state index in [0.717, 1.165) is 12.2 Å². The highest BCUT2D eigenvalue weighted by molar-refractivity contribution is 7.92. The number of carbonyl (C=O) groups excluding carboxylic acids is 1. The summed E-state index contributed by atoms with van der Waals surface area (Å²) in [5.74, 6) is -0.648. The first-order valence-corrected chi connectivity index (χ1v) is 12.1. The SMILES string of the molecule is Cc1ccc(S(=O)(=O)Nc2ccc(F)cc2)cc1C(=O)N1CCN(Cc2ccccn2)CC1. The Balaban J connectivity index is 1.45. The Labute approximate surface area is 192 Å². The van der Waals surface area contributed by atoms with E-state index in [0.29, 0.717) is 37.3 Å². The largest absolute Gasteiger partial charge is 0.336 e. The number of sulfonamides is 1. The van der Waals surface area contributed by atoms with Gasteiger partial charge in [-0.1, -0.05) is 12.1 Å². The molecule has 33 heavy (non-hydrogen) atoms. The lowest BCUT2D eigenvalue weighted by Gasteiger charge is -2.34. The van der Waals surface area contributed by atoms with E-state index in [2.05, 4.69) is 14.6 Å². The van der Waals surface area contributed by atoms with Crippen LogP contribution in [-0.4, -0.2) is 55.3 Å². The van der Waals surface area contributed by atoms with Crippen molar-refractivity contribution in [1.82, 2.24) is 14.8 Å². The van der Waals surface area contributed by atoms with Gasteiger partial charge in [-0.15, -0.1) is 0 Å². The summed E-state index contributed by atoms with van der Waals surface area (Å²) in [5.41, 5.74) is 2.29. The minimum atomic E-state index is -3.93. The van der Waals surface area contributed by atoms with Gasteiger partial charge in [0.15, 0.2) is 0 Å². The van der Waals surface area contributed by atoms with Crippen LogP contribution in [0.25, 0.3) is 0 Å². The molecular formula is C24H25FN4O3S. The van der Waals surface area contributed by atoms with Crippen molar-refractivity contribution in [1.29, 1.82) is 0 Å². The van der Waals surface area contributed by atoms with Crippen LogP contribution in [0.2, 0.25) is 0 Å². The van der Waals surface area contributed by atoms with E-state index in [1.54, 1.807) is 24.1 Å². The number of hydrogen-bond donors (Lipinski definition) is 1. The zero-order valence-electron chi connectivity index (χ0n) is 18.2. The van der Waals surface area contributed by atoms with Crippen LogP contribution in [0.4, 0.5) is 10.1 Å². The zero-order chi connectivity index (χ0) is 23.4. The van der Waals surface area contributed by atoms with Gasteiger partial charge in [-0.3, -0.25) is 19.4 Å². The third-order valence-electron chi connectivity index (χ3n) is 5.62. The number of piperazine rings is 1. The van der Waals surface area contributed by atoms with E-state index in [1.807, 2.05) is 18.2 Å². The van der Waals surface area contributed by atoms with Crippen LogP contribution in [0.5, 0.6) is 0 Å². The predicted molar refractivity (Wildman–Crippen MR) is 124 cm³/mol. The number of rotatable bonds is 6. The summed E-state index contributed by atoms with van der Waals surface area (Å²) >= 11 is 0. The fourth-order valence-corrected chi connectivity index (χ4v) is 4.82. The van der Waals surface area contributed by atoms with Gasteiger partial charge in [-0.25, -0.2) is 12.8 Å². The number of anilines is 1. The van der Waals surface area contributed by atoms with Crippen LogP contribution < -0.4 is 4.72 Å². The van der Waals surface area contributed by atoms with Gasteiger partial charge in [0.25, 0.3) is 15.9 Å². The van der Waals surface area contributed by atoms with Gasteiger partial charge in [0.1, 0.15) is 5.82 Å². The maximum Gasteiger partial charge on any atom is 0.261 e. The number of carbonyl (C=O) groups is 1. The summed E-state index contributed by atoms with van der Waals surface area (Å²) in [5, 5.41) is 0. The maximum atomic E-state index is 13.2. The van der Waals surface area contributed by atoms with Crippen molar-refractivity contribution in [2.45, 2.75) is 18.4 Å². The highest BCUT2D eigenvalue weighted by Crippen LogP contribution is 2.21. The molecule has 3 aromatic rings. The molecule has 1 N–H and O–H groups in total. The van der Waals surface area contributed by atoms with Gasteiger partial charge in [-0.2, -0.15) is 0 Å². The summed E-state index contributed by atoms with van der Waals surface area (Å²) in [6, 6.07) is 15.4. The smallest absolute Gasteiger partial charge is 0.261 e. The number of aromatic nitrogens is 1. The van der Waals surface area contributed by atoms with Crippen LogP contribution in [0.15, 0.2) is 71.8 Å². The van der Waals surface area contributed by atoms with Gasteiger partial charge in [0, 0.05) is 50.2 Å². The second kappa shape index (κ2) is 9.68. The van der Waals surface area contributed by atoms with E-state index in [-0.39, 0.29) is 16.5 Å². The van der Waals surface area contributed by atoms with Gasteiger partial charge in [0.05, 0.1) is 10.6 Å². The lowest BCUT2D eigenvalue weighted by atomic mass is 10.1. The van der Waals surface area contributed by atoms with E-state index in [4.69, 9.17) is 0 Å². The third-order valence-corrected chi connectivity index (χ3v) is 7.00. The van der Waals surface area contributed by atoms with Crippen molar-refractivity contribution in [3.05, 3.63) is 89.5 Å². The van der Waals surface area contributed by atoms with Crippen molar-refractivity contribution in [2.24, 2.45) is 0 Å². The number of nitrogens with zero attached hydrogens (tertiary/aromatic N) is 3. The Hall–Kier alpha value is -3.30. The Morgan fingerprint density at radius 3 is 2.42 bits per heavy atom. The summed E-state index contributed by atoms with van der Waals surface area (Å²) < 4.78 is 41.2. The van der Waals surface area contributed by atoms with Crippen molar-refractivity contribution < 1.29 is 17.6 Å². The number of aryl methyl sites for hydroxylation is 1. The number of nitrogens with one attached hydrogen (secondary N) is 1. The van der Waals surface area contributed by atoms with Crippen LogP contribution in [0, 0.1) is 12.7 Å². The Kier molecular flexibility index (Phi) is 6.71. The lowest BCUT2D eigenvalue weighted by molar-refractivity contribution is 0.0626. The van der Waals surface area contributed by atoms with Crippen LogP contribution in [0.1, 0.15) is 21.6 Å². The zero-order valence-corrected chi connectivity index (χ0v) is 19.1. The van der Waals surface area contributed by atoms with Crippen molar-refractivity contribution in [3.63, 3.8) is 0 Å². The molecule has 1 amide bonds. The monoisotopic (exact) mass is 468 g/mol. The number of pyridine rings is 1. The minimum absolute atomic E-state index is 0.0189. The molecule has 0 saturated carbocycles. The number of benzene rings is 2. The Morgan fingerprint density at radius 2 is 1.76 bits per heavy atom. The Morgan fingerprint density at radius 1 is 1.03 bits per heavy atom. The predicted octanol–water partition coefficient (Wildman–Crippen LogP) is 3.29. The summed E-state index contributed by atoms with van der Waals surface area (Å²) in [4.78, 5) is 21.5. The van der Waals surface area contributed by atoms with Gasteiger partial charge >= 0.3 is 0 Å². The fraction of sp³-hybridized carbons (Fsp3) is 0.250. The molecule has 2 heterocycles. The summed E-state index contributed by atoms with van der Waals surface area (Å²) in [6.45, 7) is 5.04. The first kappa shape index (κ1) is 22.9. The first-order valence-electron chi connectivity index (χ1n) is 10.6. The molecule has 1 aromatic heterocycles.